The fraction of sp³-hybridized carbons (Fsp3) is 0.857. The maximum Gasteiger partial charge on any atom is 0.411 e. The van der Waals surface area contributed by atoms with Crippen LogP contribution in [0, 0.1) is 0 Å². The Kier molecular flexibility index (Phi) is 5.47. The molecule has 0 spiro atoms. The number of hydroxylamine groups is 1. The van der Waals surface area contributed by atoms with E-state index in [4.69, 9.17) is 0 Å². The van der Waals surface area contributed by atoms with Gasteiger partial charge in [-0.05, 0) is 13.8 Å². The van der Waals surface area contributed by atoms with Crippen LogP contribution in [-0.2, 0) is 14.4 Å². The Labute approximate surface area is 79.3 Å². The van der Waals surface area contributed by atoms with Gasteiger partial charge in [-0.2, -0.15) is 13.2 Å². The van der Waals surface area contributed by atoms with Gasteiger partial charge in [0.15, 0.2) is 0 Å². The zero-order chi connectivity index (χ0) is 11.2. The van der Waals surface area contributed by atoms with Crippen LogP contribution in [0.15, 0.2) is 0 Å². The van der Waals surface area contributed by atoms with Crippen molar-refractivity contribution in [1.82, 2.24) is 5.48 Å². The third kappa shape index (κ3) is 6.67. The van der Waals surface area contributed by atoms with Crippen molar-refractivity contribution in [3.05, 3.63) is 0 Å². The number of alkyl halides is 3. The van der Waals surface area contributed by atoms with Gasteiger partial charge in [0.25, 0.3) is 5.91 Å². The summed E-state index contributed by atoms with van der Waals surface area (Å²) in [6.07, 6.45) is -5.62. The van der Waals surface area contributed by atoms with Gasteiger partial charge in [-0.3, -0.25) is 9.63 Å². The molecule has 4 nitrogen and oxygen atoms in total. The summed E-state index contributed by atoms with van der Waals surface area (Å²) >= 11 is 0. The number of carbonyl (C=O) groups is 1. The number of nitrogens with one attached hydrogen (secondary N) is 1. The zero-order valence-electron chi connectivity index (χ0n) is 7.85. The topological polar surface area (TPSA) is 47.6 Å². The Hall–Kier alpha value is -0.820. The Morgan fingerprint density at radius 2 is 2.07 bits per heavy atom. The van der Waals surface area contributed by atoms with Crippen LogP contribution in [0.5, 0.6) is 0 Å². The van der Waals surface area contributed by atoms with Crippen LogP contribution in [0.3, 0.4) is 0 Å². The predicted molar refractivity (Wildman–Crippen MR) is 41.2 cm³/mol. The molecule has 0 saturated heterocycles. The highest BCUT2D eigenvalue weighted by atomic mass is 19.4. The molecule has 0 aromatic heterocycles. The molecule has 0 aliphatic rings. The van der Waals surface area contributed by atoms with Crippen molar-refractivity contribution in [1.29, 1.82) is 0 Å². The average molecular weight is 215 g/mol. The Bertz CT molecular complexity index is 184. The molecule has 14 heavy (non-hydrogen) atoms. The van der Waals surface area contributed by atoms with E-state index in [-0.39, 0.29) is 6.61 Å². The third-order valence-corrected chi connectivity index (χ3v) is 1.18. The lowest BCUT2D eigenvalue weighted by Gasteiger charge is -2.13. The molecule has 1 atom stereocenters. The molecule has 84 valence electrons. The van der Waals surface area contributed by atoms with Gasteiger partial charge in [-0.1, -0.05) is 0 Å². The van der Waals surface area contributed by atoms with E-state index >= 15 is 0 Å². The van der Waals surface area contributed by atoms with Crippen molar-refractivity contribution in [2.24, 2.45) is 0 Å². The predicted octanol–water partition coefficient (Wildman–Crippen LogP) is 1.02. The average Bonchev–Trinajstić information content (AvgIpc) is 2.09. The monoisotopic (exact) mass is 215 g/mol. The summed E-state index contributed by atoms with van der Waals surface area (Å²) in [4.78, 5) is 15.4. The van der Waals surface area contributed by atoms with Crippen LogP contribution >= 0.6 is 0 Å². The molecule has 0 rings (SSSR count). The Morgan fingerprint density at radius 3 is 2.50 bits per heavy atom. The van der Waals surface area contributed by atoms with Crippen molar-refractivity contribution in [2.45, 2.75) is 26.1 Å². The van der Waals surface area contributed by atoms with Gasteiger partial charge >= 0.3 is 6.18 Å². The van der Waals surface area contributed by atoms with E-state index in [2.05, 4.69) is 9.57 Å². The van der Waals surface area contributed by atoms with Crippen LogP contribution < -0.4 is 5.48 Å². The minimum absolute atomic E-state index is 0.234. The summed E-state index contributed by atoms with van der Waals surface area (Å²) in [7, 11) is 0. The van der Waals surface area contributed by atoms with Crippen LogP contribution in [0.1, 0.15) is 13.8 Å². The van der Waals surface area contributed by atoms with Crippen molar-refractivity contribution in [3.8, 4) is 0 Å². The number of hydrogen-bond acceptors (Lipinski definition) is 3. The highest BCUT2D eigenvalue weighted by Crippen LogP contribution is 2.15. The molecular weight excluding hydrogens is 203 g/mol. The quantitative estimate of drug-likeness (QED) is 0.696. The smallest absolute Gasteiger partial charge is 0.359 e. The largest absolute Gasteiger partial charge is 0.411 e. The van der Waals surface area contributed by atoms with Crippen LogP contribution in [-0.4, -0.2) is 31.4 Å². The molecular formula is C7H12F3NO3. The molecule has 1 N–H and O–H groups in total. The second-order valence-corrected chi connectivity index (χ2v) is 2.47. The number of amides is 1. The molecule has 0 aliphatic heterocycles. The normalized spacial score (nSPS) is 13.8. The first-order valence-corrected chi connectivity index (χ1v) is 3.96. The van der Waals surface area contributed by atoms with Crippen molar-refractivity contribution >= 4 is 5.91 Å². The minimum atomic E-state index is -4.43. The molecule has 0 heterocycles. The molecule has 0 radical (unpaired) electrons. The Balaban J connectivity index is 3.73. The number of carbonyl (C=O) groups excluding carboxylic acids is 1. The first-order valence-electron chi connectivity index (χ1n) is 3.96. The number of hydrogen-bond donors (Lipinski definition) is 1. The first kappa shape index (κ1) is 13.2. The minimum Gasteiger partial charge on any atom is -0.359 e. The number of halogens is 3. The molecule has 1 amide bonds. The lowest BCUT2D eigenvalue weighted by molar-refractivity contribution is -0.188. The van der Waals surface area contributed by atoms with E-state index in [1.807, 2.05) is 5.48 Å². The van der Waals surface area contributed by atoms with Crippen molar-refractivity contribution in [2.75, 3.05) is 13.2 Å². The standard InChI is InChI=1S/C7H12F3NO3/c1-3-14-11-6(12)5(2)13-4-7(8,9)10/h5H,3-4H2,1-2H3,(H,11,12). The fourth-order valence-corrected chi connectivity index (χ4v) is 0.521. The van der Waals surface area contributed by atoms with Crippen LogP contribution in [0.4, 0.5) is 13.2 Å². The second-order valence-electron chi connectivity index (χ2n) is 2.47. The Morgan fingerprint density at radius 1 is 1.50 bits per heavy atom. The van der Waals surface area contributed by atoms with E-state index in [0.717, 1.165) is 0 Å². The van der Waals surface area contributed by atoms with E-state index in [1.54, 1.807) is 6.92 Å². The van der Waals surface area contributed by atoms with Gasteiger partial charge in [0.05, 0.1) is 6.61 Å². The van der Waals surface area contributed by atoms with Crippen LogP contribution in [0.25, 0.3) is 0 Å². The van der Waals surface area contributed by atoms with Gasteiger partial charge in [0.2, 0.25) is 0 Å². The lowest BCUT2D eigenvalue weighted by Crippen LogP contribution is -2.36. The molecule has 0 aromatic rings. The maximum atomic E-state index is 11.6. The van der Waals surface area contributed by atoms with Gasteiger partial charge in [-0.15, -0.1) is 0 Å². The lowest BCUT2D eigenvalue weighted by atomic mass is 10.4. The van der Waals surface area contributed by atoms with Crippen molar-refractivity contribution in [3.63, 3.8) is 0 Å². The van der Waals surface area contributed by atoms with E-state index in [9.17, 15) is 18.0 Å². The second kappa shape index (κ2) is 5.82. The van der Waals surface area contributed by atoms with E-state index in [1.165, 1.54) is 6.92 Å². The van der Waals surface area contributed by atoms with Gasteiger partial charge in [-0.25, -0.2) is 5.48 Å². The number of ether oxygens (including phenoxy) is 1. The molecule has 1 unspecified atom stereocenters. The van der Waals surface area contributed by atoms with Gasteiger partial charge < -0.3 is 4.74 Å². The van der Waals surface area contributed by atoms with Gasteiger partial charge in [0, 0.05) is 0 Å². The molecule has 0 aliphatic carbocycles. The first-order chi connectivity index (χ1) is 6.37. The summed E-state index contributed by atoms with van der Waals surface area (Å²) in [6, 6.07) is 0. The summed E-state index contributed by atoms with van der Waals surface area (Å²) in [5, 5.41) is 0. The summed E-state index contributed by atoms with van der Waals surface area (Å²) in [5.74, 6) is -0.740. The summed E-state index contributed by atoms with van der Waals surface area (Å²) in [5.41, 5.74) is 1.94. The summed E-state index contributed by atoms with van der Waals surface area (Å²) in [6.45, 7) is 1.62. The third-order valence-electron chi connectivity index (χ3n) is 1.18. The number of rotatable bonds is 5. The SMILES string of the molecule is CCONC(=O)C(C)OCC(F)(F)F. The molecule has 0 saturated carbocycles. The van der Waals surface area contributed by atoms with E-state index < -0.39 is 24.8 Å². The molecule has 0 fully saturated rings. The molecule has 0 aromatic carbocycles. The zero-order valence-corrected chi connectivity index (χ0v) is 7.85. The molecule has 0 bridgehead atoms. The highest BCUT2D eigenvalue weighted by molar-refractivity contribution is 5.79. The molecule has 7 heteroatoms. The highest BCUT2D eigenvalue weighted by Gasteiger charge is 2.29. The van der Waals surface area contributed by atoms with E-state index in [0.29, 0.717) is 0 Å². The maximum absolute atomic E-state index is 11.6. The summed E-state index contributed by atoms with van der Waals surface area (Å²) < 4.78 is 39.2. The fourth-order valence-electron chi connectivity index (χ4n) is 0.521. The van der Waals surface area contributed by atoms with Gasteiger partial charge in [0.1, 0.15) is 12.7 Å². The van der Waals surface area contributed by atoms with Crippen LogP contribution in [0.2, 0.25) is 0 Å². The van der Waals surface area contributed by atoms with Crippen molar-refractivity contribution < 1.29 is 27.5 Å².